The molecule has 0 bridgehead atoms. The monoisotopic (exact) mass is 429 g/mol. The van der Waals surface area contributed by atoms with E-state index in [0.29, 0.717) is 17.7 Å². The standard InChI is InChI=1S/C23H27NO5S/c1-3-17-6-5-7-18(4-2)22(17)24-23(26)19-8-10-20(11-9-19)29-21(25)14-16-12-13-30(27,28)15-16/h5-11,16H,3-4,12-15H2,1-2H3,(H,24,26). The molecular formula is C23H27NO5S. The number of rotatable bonds is 7. The molecule has 1 fully saturated rings. The Balaban J connectivity index is 1.62. The summed E-state index contributed by atoms with van der Waals surface area (Å²) in [6, 6.07) is 12.4. The highest BCUT2D eigenvalue weighted by Crippen LogP contribution is 2.25. The van der Waals surface area contributed by atoms with Crippen LogP contribution >= 0.6 is 0 Å². The number of amides is 1. The fourth-order valence-electron chi connectivity index (χ4n) is 3.70. The molecule has 1 unspecified atom stereocenters. The topological polar surface area (TPSA) is 89.5 Å². The van der Waals surface area contributed by atoms with Crippen molar-refractivity contribution in [2.24, 2.45) is 5.92 Å². The first-order valence-corrected chi connectivity index (χ1v) is 12.1. The highest BCUT2D eigenvalue weighted by Gasteiger charge is 2.30. The third-order valence-electron chi connectivity index (χ3n) is 5.37. The summed E-state index contributed by atoms with van der Waals surface area (Å²) < 4.78 is 28.3. The van der Waals surface area contributed by atoms with Crippen LogP contribution in [0, 0.1) is 5.92 Å². The summed E-state index contributed by atoms with van der Waals surface area (Å²) >= 11 is 0. The Hall–Kier alpha value is -2.67. The first-order valence-electron chi connectivity index (χ1n) is 10.2. The number of hydrogen-bond acceptors (Lipinski definition) is 5. The van der Waals surface area contributed by atoms with Crippen molar-refractivity contribution in [2.75, 3.05) is 16.8 Å². The van der Waals surface area contributed by atoms with Crippen molar-refractivity contribution in [2.45, 2.75) is 39.5 Å². The van der Waals surface area contributed by atoms with Crippen LogP contribution in [-0.4, -0.2) is 31.8 Å². The molecule has 1 heterocycles. The zero-order chi connectivity index (χ0) is 21.7. The lowest BCUT2D eigenvalue weighted by atomic mass is 10.0. The Labute approximate surface area is 177 Å². The van der Waals surface area contributed by atoms with Gasteiger partial charge in [-0.1, -0.05) is 32.0 Å². The van der Waals surface area contributed by atoms with E-state index in [9.17, 15) is 18.0 Å². The third kappa shape index (κ3) is 5.48. The number of aryl methyl sites for hydroxylation is 2. The number of para-hydroxylation sites is 1. The van der Waals surface area contributed by atoms with Gasteiger partial charge >= 0.3 is 5.97 Å². The summed E-state index contributed by atoms with van der Waals surface area (Å²) in [5, 5.41) is 3.01. The quantitative estimate of drug-likeness (QED) is 0.534. The molecule has 1 aliphatic rings. The fraction of sp³-hybridized carbons (Fsp3) is 0.391. The normalized spacial score (nSPS) is 17.5. The second-order valence-corrected chi connectivity index (χ2v) is 9.81. The van der Waals surface area contributed by atoms with Gasteiger partial charge in [-0.3, -0.25) is 9.59 Å². The molecule has 7 heteroatoms. The van der Waals surface area contributed by atoms with Crippen LogP contribution < -0.4 is 10.1 Å². The number of ether oxygens (including phenoxy) is 1. The van der Waals surface area contributed by atoms with Crippen molar-refractivity contribution >= 4 is 27.4 Å². The average molecular weight is 430 g/mol. The van der Waals surface area contributed by atoms with Crippen LogP contribution in [0.15, 0.2) is 42.5 Å². The van der Waals surface area contributed by atoms with Crippen LogP contribution in [0.4, 0.5) is 5.69 Å². The van der Waals surface area contributed by atoms with E-state index in [4.69, 9.17) is 4.74 Å². The molecule has 1 atom stereocenters. The van der Waals surface area contributed by atoms with Gasteiger partial charge in [-0.25, -0.2) is 8.42 Å². The van der Waals surface area contributed by atoms with E-state index in [1.807, 2.05) is 18.2 Å². The average Bonchev–Trinajstić information content (AvgIpc) is 3.06. The van der Waals surface area contributed by atoms with E-state index >= 15 is 0 Å². The molecule has 0 spiro atoms. The number of hydrogen-bond donors (Lipinski definition) is 1. The van der Waals surface area contributed by atoms with E-state index in [1.54, 1.807) is 24.3 Å². The number of nitrogens with one attached hydrogen (secondary N) is 1. The molecule has 2 aromatic carbocycles. The van der Waals surface area contributed by atoms with Crippen molar-refractivity contribution in [3.8, 4) is 5.75 Å². The lowest BCUT2D eigenvalue weighted by molar-refractivity contribution is -0.135. The van der Waals surface area contributed by atoms with Gasteiger partial charge in [0.05, 0.1) is 11.5 Å². The zero-order valence-electron chi connectivity index (χ0n) is 17.3. The first kappa shape index (κ1) is 22.0. The van der Waals surface area contributed by atoms with Gasteiger partial charge in [0.2, 0.25) is 0 Å². The second kappa shape index (κ2) is 9.43. The summed E-state index contributed by atoms with van der Waals surface area (Å²) in [5.41, 5.74) is 3.49. The molecule has 160 valence electrons. The van der Waals surface area contributed by atoms with Crippen LogP contribution in [0.1, 0.15) is 48.2 Å². The molecule has 30 heavy (non-hydrogen) atoms. The number of carbonyl (C=O) groups is 2. The highest BCUT2D eigenvalue weighted by molar-refractivity contribution is 7.91. The highest BCUT2D eigenvalue weighted by atomic mass is 32.2. The Kier molecular flexibility index (Phi) is 6.92. The molecule has 0 radical (unpaired) electrons. The van der Waals surface area contributed by atoms with Crippen LogP contribution in [-0.2, 0) is 27.5 Å². The Morgan fingerprint density at radius 2 is 1.67 bits per heavy atom. The maximum absolute atomic E-state index is 12.7. The molecule has 6 nitrogen and oxygen atoms in total. The largest absolute Gasteiger partial charge is 0.427 e. The van der Waals surface area contributed by atoms with Crippen LogP contribution in [0.2, 0.25) is 0 Å². The van der Waals surface area contributed by atoms with E-state index < -0.39 is 15.8 Å². The minimum Gasteiger partial charge on any atom is -0.427 e. The predicted octanol–water partition coefficient (Wildman–Crippen LogP) is 3.79. The van der Waals surface area contributed by atoms with Gasteiger partial charge in [0.15, 0.2) is 9.84 Å². The number of carbonyl (C=O) groups excluding carboxylic acids is 2. The smallest absolute Gasteiger partial charge is 0.311 e. The molecule has 1 amide bonds. The van der Waals surface area contributed by atoms with Crippen molar-refractivity contribution in [1.29, 1.82) is 0 Å². The first-order chi connectivity index (χ1) is 14.3. The number of sulfone groups is 1. The van der Waals surface area contributed by atoms with Gasteiger partial charge in [-0.15, -0.1) is 0 Å². The molecule has 1 saturated heterocycles. The van der Waals surface area contributed by atoms with Gasteiger partial charge < -0.3 is 10.1 Å². The van der Waals surface area contributed by atoms with Crippen molar-refractivity contribution in [3.63, 3.8) is 0 Å². The molecule has 3 rings (SSSR count). The molecule has 2 aromatic rings. The number of anilines is 1. The minimum absolute atomic E-state index is 0.0419. The lowest BCUT2D eigenvalue weighted by Gasteiger charge is -2.14. The van der Waals surface area contributed by atoms with Gasteiger partial charge in [-0.05, 0) is 60.6 Å². The van der Waals surface area contributed by atoms with Crippen LogP contribution in [0.25, 0.3) is 0 Å². The van der Waals surface area contributed by atoms with E-state index in [1.165, 1.54) is 0 Å². The SMILES string of the molecule is CCc1cccc(CC)c1NC(=O)c1ccc(OC(=O)CC2CCS(=O)(=O)C2)cc1. The summed E-state index contributed by atoms with van der Waals surface area (Å²) in [6.07, 6.45) is 2.21. The summed E-state index contributed by atoms with van der Waals surface area (Å²) in [7, 11) is -3.02. The summed E-state index contributed by atoms with van der Waals surface area (Å²) in [4.78, 5) is 24.8. The minimum atomic E-state index is -3.02. The maximum Gasteiger partial charge on any atom is 0.311 e. The van der Waals surface area contributed by atoms with E-state index in [0.717, 1.165) is 29.7 Å². The molecule has 0 saturated carbocycles. The Bertz CT molecular complexity index is 1010. The zero-order valence-corrected chi connectivity index (χ0v) is 18.1. The fourth-order valence-corrected chi connectivity index (χ4v) is 5.57. The lowest BCUT2D eigenvalue weighted by Crippen LogP contribution is -2.16. The Morgan fingerprint density at radius 1 is 1.03 bits per heavy atom. The summed E-state index contributed by atoms with van der Waals surface area (Å²) in [5.74, 6) is -0.353. The van der Waals surface area contributed by atoms with Crippen LogP contribution in [0.3, 0.4) is 0 Å². The molecular weight excluding hydrogens is 402 g/mol. The third-order valence-corrected chi connectivity index (χ3v) is 7.20. The van der Waals surface area contributed by atoms with Crippen molar-refractivity contribution < 1.29 is 22.7 Å². The van der Waals surface area contributed by atoms with Gasteiger partial charge in [-0.2, -0.15) is 0 Å². The summed E-state index contributed by atoms with van der Waals surface area (Å²) in [6.45, 7) is 4.10. The van der Waals surface area contributed by atoms with Gasteiger partial charge in [0.1, 0.15) is 5.75 Å². The van der Waals surface area contributed by atoms with Crippen molar-refractivity contribution in [3.05, 3.63) is 59.2 Å². The van der Waals surface area contributed by atoms with Gasteiger partial charge in [0, 0.05) is 17.7 Å². The van der Waals surface area contributed by atoms with Crippen LogP contribution in [0.5, 0.6) is 5.75 Å². The van der Waals surface area contributed by atoms with E-state index in [2.05, 4.69) is 19.2 Å². The molecule has 1 N–H and O–H groups in total. The second-order valence-electron chi connectivity index (χ2n) is 7.58. The van der Waals surface area contributed by atoms with Crippen molar-refractivity contribution in [1.82, 2.24) is 0 Å². The van der Waals surface area contributed by atoms with E-state index in [-0.39, 0.29) is 29.8 Å². The number of esters is 1. The maximum atomic E-state index is 12.7. The molecule has 0 aromatic heterocycles. The molecule has 1 aliphatic heterocycles. The number of benzene rings is 2. The van der Waals surface area contributed by atoms with Gasteiger partial charge in [0.25, 0.3) is 5.91 Å². The predicted molar refractivity (Wildman–Crippen MR) is 117 cm³/mol. The molecule has 0 aliphatic carbocycles. The Morgan fingerprint density at radius 3 is 2.20 bits per heavy atom.